The van der Waals surface area contributed by atoms with E-state index >= 15 is 0 Å². The van der Waals surface area contributed by atoms with Crippen LogP contribution in [0.4, 0.5) is 13.2 Å². The maximum absolute atomic E-state index is 11.5. The first-order valence-electron chi connectivity index (χ1n) is 3.86. The molecule has 0 saturated heterocycles. The highest BCUT2D eigenvalue weighted by atomic mass is 19.4. The van der Waals surface area contributed by atoms with Gasteiger partial charge in [-0.15, -0.1) is 0 Å². The zero-order valence-corrected chi connectivity index (χ0v) is 7.65. The lowest BCUT2D eigenvalue weighted by molar-refractivity contribution is -0.190. The highest BCUT2D eigenvalue weighted by molar-refractivity contribution is 4.51. The van der Waals surface area contributed by atoms with Crippen LogP contribution in [0.15, 0.2) is 0 Å². The van der Waals surface area contributed by atoms with Crippen LogP contribution >= 0.6 is 0 Å². The summed E-state index contributed by atoms with van der Waals surface area (Å²) in [5.74, 6) is 0.123. The molecule has 1 unspecified atom stereocenters. The Morgan fingerprint density at radius 1 is 1.38 bits per heavy atom. The van der Waals surface area contributed by atoms with Crippen molar-refractivity contribution in [3.8, 4) is 0 Å². The molecule has 0 rings (SSSR count). The van der Waals surface area contributed by atoms with E-state index < -0.39 is 12.8 Å². The van der Waals surface area contributed by atoms with E-state index in [9.17, 15) is 13.2 Å². The van der Waals surface area contributed by atoms with Crippen LogP contribution in [0.25, 0.3) is 0 Å². The monoisotopic (exact) mass is 201 g/mol. The third-order valence-corrected chi connectivity index (χ3v) is 1.22. The van der Waals surface area contributed by atoms with Gasteiger partial charge in [0.25, 0.3) is 0 Å². The predicted molar refractivity (Wildman–Crippen MR) is 41.0 cm³/mol. The Labute approximate surface area is 75.2 Å². The molecule has 0 aromatic rings. The number of nitrogens with one attached hydrogen (secondary N) is 1. The lowest BCUT2D eigenvalue weighted by Crippen LogP contribution is -2.29. The van der Waals surface area contributed by atoms with Crippen LogP contribution < -0.4 is 5.48 Å². The van der Waals surface area contributed by atoms with Crippen molar-refractivity contribution in [1.82, 2.24) is 5.48 Å². The van der Waals surface area contributed by atoms with Gasteiger partial charge in [0.1, 0.15) is 0 Å². The number of hydrogen-bond donors (Lipinski definition) is 1. The van der Waals surface area contributed by atoms with Gasteiger partial charge in [-0.3, -0.25) is 4.84 Å². The van der Waals surface area contributed by atoms with Gasteiger partial charge in [-0.25, -0.2) is 5.48 Å². The van der Waals surface area contributed by atoms with Crippen molar-refractivity contribution in [3.63, 3.8) is 0 Å². The molecule has 0 aliphatic rings. The van der Waals surface area contributed by atoms with Crippen LogP contribution in [-0.4, -0.2) is 33.0 Å². The third kappa shape index (κ3) is 9.59. The average molecular weight is 201 g/mol. The fourth-order valence-corrected chi connectivity index (χ4v) is 0.677. The predicted octanol–water partition coefficient (Wildman–Crippen LogP) is 1.35. The summed E-state index contributed by atoms with van der Waals surface area (Å²) < 4.78 is 39.4. The van der Waals surface area contributed by atoms with E-state index in [1.165, 1.54) is 7.11 Å². The van der Waals surface area contributed by atoms with Crippen molar-refractivity contribution in [1.29, 1.82) is 0 Å². The molecule has 0 fully saturated rings. The minimum Gasteiger partial charge on any atom is -0.384 e. The molecule has 0 aliphatic heterocycles. The molecule has 0 bridgehead atoms. The van der Waals surface area contributed by atoms with Crippen LogP contribution in [0.3, 0.4) is 0 Å². The van der Waals surface area contributed by atoms with Crippen LogP contribution in [0.2, 0.25) is 0 Å². The van der Waals surface area contributed by atoms with E-state index in [1.54, 1.807) is 0 Å². The molecule has 0 aromatic carbocycles. The first kappa shape index (κ1) is 12.7. The van der Waals surface area contributed by atoms with Crippen molar-refractivity contribution in [2.24, 2.45) is 5.92 Å². The zero-order chi connectivity index (χ0) is 10.3. The van der Waals surface area contributed by atoms with E-state index in [2.05, 4.69) is 10.3 Å². The maximum Gasteiger partial charge on any atom is 0.413 e. The van der Waals surface area contributed by atoms with Gasteiger partial charge in [0, 0.05) is 13.7 Å². The Balaban J connectivity index is 3.25. The number of alkyl halides is 3. The van der Waals surface area contributed by atoms with Crippen molar-refractivity contribution < 1.29 is 22.7 Å². The van der Waals surface area contributed by atoms with Gasteiger partial charge in [-0.05, 0) is 5.92 Å². The van der Waals surface area contributed by atoms with Crippen molar-refractivity contribution in [2.45, 2.75) is 13.1 Å². The number of hydroxylamine groups is 1. The number of rotatable bonds is 6. The van der Waals surface area contributed by atoms with Gasteiger partial charge in [0.05, 0.1) is 6.61 Å². The second kappa shape index (κ2) is 6.17. The normalized spacial score (nSPS) is 14.5. The lowest BCUT2D eigenvalue weighted by Gasteiger charge is -2.12. The van der Waals surface area contributed by atoms with E-state index in [-0.39, 0.29) is 5.92 Å². The third-order valence-electron chi connectivity index (χ3n) is 1.22. The summed E-state index contributed by atoms with van der Waals surface area (Å²) in [5.41, 5.74) is 2.23. The molecule has 0 aliphatic carbocycles. The van der Waals surface area contributed by atoms with E-state index in [1.807, 2.05) is 6.92 Å². The topological polar surface area (TPSA) is 30.5 Å². The highest BCUT2D eigenvalue weighted by Gasteiger charge is 2.27. The fourth-order valence-electron chi connectivity index (χ4n) is 0.677. The second-order valence-corrected chi connectivity index (χ2v) is 2.81. The molecular weight excluding hydrogens is 187 g/mol. The molecule has 0 radical (unpaired) electrons. The van der Waals surface area contributed by atoms with Gasteiger partial charge in [0.2, 0.25) is 0 Å². The van der Waals surface area contributed by atoms with Crippen LogP contribution in [0, 0.1) is 5.92 Å². The van der Waals surface area contributed by atoms with Crippen LogP contribution in [0.1, 0.15) is 6.92 Å². The Kier molecular flexibility index (Phi) is 6.02. The SMILES string of the molecule is COCC(C)CNOCC(F)(F)F. The minimum atomic E-state index is -4.28. The Bertz CT molecular complexity index is 129. The second-order valence-electron chi connectivity index (χ2n) is 2.81. The summed E-state index contributed by atoms with van der Waals surface area (Å²) >= 11 is 0. The molecule has 3 nitrogen and oxygen atoms in total. The number of methoxy groups -OCH3 is 1. The van der Waals surface area contributed by atoms with Gasteiger partial charge >= 0.3 is 6.18 Å². The Hall–Kier alpha value is -0.330. The van der Waals surface area contributed by atoms with Gasteiger partial charge < -0.3 is 4.74 Å². The molecule has 0 amide bonds. The number of hydrogen-bond acceptors (Lipinski definition) is 3. The van der Waals surface area contributed by atoms with Gasteiger partial charge in [-0.1, -0.05) is 6.92 Å². The first-order valence-corrected chi connectivity index (χ1v) is 3.86. The Morgan fingerprint density at radius 2 is 2.00 bits per heavy atom. The molecule has 0 saturated carbocycles. The summed E-state index contributed by atoms with van der Waals surface area (Å²) in [6, 6.07) is 0. The van der Waals surface area contributed by atoms with E-state index in [0.717, 1.165) is 0 Å². The van der Waals surface area contributed by atoms with Crippen molar-refractivity contribution >= 4 is 0 Å². The van der Waals surface area contributed by atoms with Crippen molar-refractivity contribution in [2.75, 3.05) is 26.9 Å². The van der Waals surface area contributed by atoms with Gasteiger partial charge in [-0.2, -0.15) is 13.2 Å². The maximum atomic E-state index is 11.5. The summed E-state index contributed by atoms with van der Waals surface area (Å²) in [6.45, 7) is 1.40. The molecule has 0 spiro atoms. The summed E-state index contributed by atoms with van der Waals surface area (Å²) in [6.07, 6.45) is -4.28. The molecule has 80 valence electrons. The Morgan fingerprint density at radius 3 is 2.46 bits per heavy atom. The molecular formula is C7H14F3NO2. The number of halogens is 3. The molecule has 13 heavy (non-hydrogen) atoms. The average Bonchev–Trinajstić information content (AvgIpc) is 1.97. The fraction of sp³-hybridized carbons (Fsp3) is 1.00. The summed E-state index contributed by atoms with van der Waals surface area (Å²) in [7, 11) is 1.53. The highest BCUT2D eigenvalue weighted by Crippen LogP contribution is 2.13. The molecule has 1 atom stereocenters. The molecule has 1 N–H and O–H groups in total. The zero-order valence-electron chi connectivity index (χ0n) is 7.65. The van der Waals surface area contributed by atoms with Crippen molar-refractivity contribution in [3.05, 3.63) is 0 Å². The largest absolute Gasteiger partial charge is 0.413 e. The van der Waals surface area contributed by atoms with E-state index in [0.29, 0.717) is 13.2 Å². The minimum absolute atomic E-state index is 0.123. The van der Waals surface area contributed by atoms with Crippen LogP contribution in [0.5, 0.6) is 0 Å². The smallest absolute Gasteiger partial charge is 0.384 e. The van der Waals surface area contributed by atoms with Crippen LogP contribution in [-0.2, 0) is 9.57 Å². The summed E-state index contributed by atoms with van der Waals surface area (Å²) in [4.78, 5) is 4.18. The van der Waals surface area contributed by atoms with E-state index in [4.69, 9.17) is 4.74 Å². The lowest BCUT2D eigenvalue weighted by atomic mass is 10.2. The quantitative estimate of drug-likeness (QED) is 0.519. The summed E-state index contributed by atoms with van der Waals surface area (Å²) in [5, 5.41) is 0. The molecule has 0 heterocycles. The number of ether oxygens (including phenoxy) is 1. The first-order chi connectivity index (χ1) is 5.95. The standard InChI is InChI=1S/C7H14F3NO2/c1-6(4-12-2)3-11-13-5-7(8,9)10/h6,11H,3-5H2,1-2H3. The van der Waals surface area contributed by atoms with Gasteiger partial charge in [0.15, 0.2) is 6.61 Å². The molecule has 6 heteroatoms. The molecule has 0 aromatic heterocycles.